The number of amides is 1. The van der Waals surface area contributed by atoms with Gasteiger partial charge in [-0.25, -0.2) is 14.2 Å². The first kappa shape index (κ1) is 19.7. The van der Waals surface area contributed by atoms with Crippen LogP contribution in [-0.4, -0.2) is 15.8 Å². The van der Waals surface area contributed by atoms with Gasteiger partial charge in [0, 0.05) is 10.6 Å². The Morgan fingerprint density at radius 1 is 0.933 bits per heavy atom. The van der Waals surface area contributed by atoms with Crippen molar-refractivity contribution in [3.63, 3.8) is 0 Å². The van der Waals surface area contributed by atoms with Crippen LogP contribution in [0.1, 0.15) is 5.56 Å². The number of benzene rings is 3. The molecule has 0 atom stereocenters. The number of hydrogen-bond donors (Lipinski definition) is 1. The minimum absolute atomic E-state index is 0.0361. The molecule has 1 N–H and O–H groups in total. The van der Waals surface area contributed by atoms with E-state index >= 15 is 0 Å². The molecule has 1 aromatic heterocycles. The van der Waals surface area contributed by atoms with E-state index in [1.807, 2.05) is 0 Å². The van der Waals surface area contributed by atoms with Crippen molar-refractivity contribution in [3.8, 4) is 11.3 Å². The average molecular weight is 426 g/mol. The number of fused-ring (bicyclic) bond motifs is 1. The Hall–Kier alpha value is -3.58. The number of nitrogens with one attached hydrogen (secondary N) is 1. The second kappa shape index (κ2) is 8.04. The predicted molar refractivity (Wildman–Crippen MR) is 111 cm³/mol. The van der Waals surface area contributed by atoms with Gasteiger partial charge in [0.05, 0.1) is 17.2 Å². The molecular weight excluding hydrogens is 412 g/mol. The van der Waals surface area contributed by atoms with Crippen LogP contribution in [0.25, 0.3) is 22.0 Å². The highest BCUT2D eigenvalue weighted by Crippen LogP contribution is 2.28. The van der Waals surface area contributed by atoms with E-state index in [9.17, 15) is 18.4 Å². The summed E-state index contributed by atoms with van der Waals surface area (Å²) in [4.78, 5) is 25.9. The Labute approximate surface area is 174 Å². The van der Waals surface area contributed by atoms with E-state index in [-0.39, 0.29) is 17.5 Å². The van der Waals surface area contributed by atoms with Crippen molar-refractivity contribution in [2.24, 2.45) is 0 Å². The van der Waals surface area contributed by atoms with Gasteiger partial charge in [0.1, 0.15) is 17.3 Å². The van der Waals surface area contributed by atoms with Crippen LogP contribution in [0, 0.1) is 11.6 Å². The Bertz CT molecular complexity index is 1310. The second-order valence-electron chi connectivity index (χ2n) is 6.55. The maximum atomic E-state index is 14.6. The summed E-state index contributed by atoms with van der Waals surface area (Å²) in [5, 5.41) is 3.91. The van der Waals surface area contributed by atoms with Gasteiger partial charge in [-0.15, -0.1) is 9.89 Å². The number of carbonyl (C=O) groups is 1. The van der Waals surface area contributed by atoms with Gasteiger partial charge in [-0.05, 0) is 29.8 Å². The molecule has 5 nitrogen and oxygen atoms in total. The molecule has 8 heteroatoms. The standard InChI is InChI=1S/C22H14ClF2N3O2/c23-15-8-6-13(7-9-15)12-18(29)26-28-22(30)20-17(25)11-10-16(24)19(20)21(27-28)14-4-2-1-3-5-14/h1-11H,12H2,(H,26,29). The number of rotatable bonds is 4. The van der Waals surface area contributed by atoms with Crippen LogP contribution < -0.4 is 11.0 Å². The van der Waals surface area contributed by atoms with Gasteiger partial charge >= 0.3 is 0 Å². The summed E-state index contributed by atoms with van der Waals surface area (Å²) in [6, 6.07) is 16.9. The molecule has 4 rings (SSSR count). The molecule has 1 amide bonds. The quantitative estimate of drug-likeness (QED) is 0.530. The van der Waals surface area contributed by atoms with Crippen LogP contribution in [0.15, 0.2) is 71.5 Å². The number of aromatic nitrogens is 2. The zero-order valence-corrected chi connectivity index (χ0v) is 16.2. The molecule has 3 aromatic carbocycles. The maximum Gasteiger partial charge on any atom is 0.297 e. The van der Waals surface area contributed by atoms with E-state index in [0.29, 0.717) is 20.9 Å². The maximum absolute atomic E-state index is 14.6. The second-order valence-corrected chi connectivity index (χ2v) is 6.99. The fourth-order valence-corrected chi connectivity index (χ4v) is 3.24. The predicted octanol–water partition coefficient (Wildman–Crippen LogP) is 4.31. The van der Waals surface area contributed by atoms with Crippen LogP contribution >= 0.6 is 11.6 Å². The third kappa shape index (κ3) is 3.79. The number of halogens is 3. The van der Waals surface area contributed by atoms with Crippen LogP contribution in [0.3, 0.4) is 0 Å². The smallest absolute Gasteiger partial charge is 0.273 e. The van der Waals surface area contributed by atoms with E-state index in [1.54, 1.807) is 54.6 Å². The summed E-state index contributed by atoms with van der Waals surface area (Å²) < 4.78 is 29.0. The highest BCUT2D eigenvalue weighted by molar-refractivity contribution is 6.30. The third-order valence-electron chi connectivity index (χ3n) is 4.50. The average Bonchev–Trinajstić information content (AvgIpc) is 2.74. The first-order chi connectivity index (χ1) is 14.4. The third-order valence-corrected chi connectivity index (χ3v) is 4.75. The molecule has 0 aliphatic carbocycles. The van der Waals surface area contributed by atoms with Gasteiger partial charge in [-0.3, -0.25) is 9.59 Å². The van der Waals surface area contributed by atoms with Crippen molar-refractivity contribution < 1.29 is 13.6 Å². The molecule has 0 radical (unpaired) electrons. The molecule has 0 aliphatic rings. The highest BCUT2D eigenvalue weighted by atomic mass is 35.5. The lowest BCUT2D eigenvalue weighted by Gasteiger charge is -2.13. The molecule has 1 heterocycles. The van der Waals surface area contributed by atoms with E-state index in [1.165, 1.54) is 0 Å². The van der Waals surface area contributed by atoms with Crippen LogP contribution in [0.5, 0.6) is 0 Å². The normalized spacial score (nSPS) is 10.9. The molecule has 0 spiro atoms. The lowest BCUT2D eigenvalue weighted by Crippen LogP contribution is -2.36. The molecule has 0 bridgehead atoms. The van der Waals surface area contributed by atoms with Crippen molar-refractivity contribution in [1.82, 2.24) is 9.89 Å². The lowest BCUT2D eigenvalue weighted by atomic mass is 10.0. The summed E-state index contributed by atoms with van der Waals surface area (Å²) in [5.74, 6) is -2.24. The largest absolute Gasteiger partial charge is 0.297 e. The molecule has 0 aliphatic heterocycles. The first-order valence-electron chi connectivity index (χ1n) is 8.95. The minimum atomic E-state index is -0.967. The molecule has 0 saturated carbocycles. The molecule has 0 saturated heterocycles. The molecule has 4 aromatic rings. The van der Waals surface area contributed by atoms with E-state index < -0.39 is 28.5 Å². The Morgan fingerprint density at radius 3 is 2.23 bits per heavy atom. The van der Waals surface area contributed by atoms with E-state index in [0.717, 1.165) is 12.1 Å². The summed E-state index contributed by atoms with van der Waals surface area (Å²) in [5.41, 5.74) is 2.55. The highest BCUT2D eigenvalue weighted by Gasteiger charge is 2.20. The zero-order chi connectivity index (χ0) is 21.3. The van der Waals surface area contributed by atoms with Crippen molar-refractivity contribution in [2.75, 3.05) is 5.43 Å². The van der Waals surface area contributed by atoms with Gasteiger partial charge in [0.2, 0.25) is 5.91 Å². The van der Waals surface area contributed by atoms with Crippen LogP contribution in [0.2, 0.25) is 5.02 Å². The number of carbonyl (C=O) groups excluding carboxylic acids is 1. The molecule has 150 valence electrons. The van der Waals surface area contributed by atoms with Crippen LogP contribution in [-0.2, 0) is 11.2 Å². The van der Waals surface area contributed by atoms with Crippen molar-refractivity contribution in [1.29, 1.82) is 0 Å². The topological polar surface area (TPSA) is 64.0 Å². The Kier molecular flexibility index (Phi) is 5.29. The number of hydrogen-bond acceptors (Lipinski definition) is 3. The fourth-order valence-electron chi connectivity index (χ4n) is 3.11. The summed E-state index contributed by atoms with van der Waals surface area (Å²) in [7, 11) is 0. The molecule has 0 unspecified atom stereocenters. The van der Waals surface area contributed by atoms with Gasteiger partial charge in [-0.1, -0.05) is 54.1 Å². The van der Waals surface area contributed by atoms with Crippen LogP contribution in [0.4, 0.5) is 8.78 Å². The van der Waals surface area contributed by atoms with Gasteiger partial charge in [-0.2, -0.15) is 0 Å². The van der Waals surface area contributed by atoms with E-state index in [4.69, 9.17) is 11.6 Å². The van der Waals surface area contributed by atoms with Gasteiger partial charge < -0.3 is 0 Å². The van der Waals surface area contributed by atoms with Crippen molar-refractivity contribution in [3.05, 3.63) is 99.3 Å². The van der Waals surface area contributed by atoms with Gasteiger partial charge in [0.25, 0.3) is 5.56 Å². The van der Waals surface area contributed by atoms with Crippen molar-refractivity contribution in [2.45, 2.75) is 6.42 Å². The molecule has 0 fully saturated rings. The Morgan fingerprint density at radius 2 is 1.57 bits per heavy atom. The summed E-state index contributed by atoms with van der Waals surface area (Å²) >= 11 is 5.84. The van der Waals surface area contributed by atoms with Crippen molar-refractivity contribution >= 4 is 28.3 Å². The molecule has 30 heavy (non-hydrogen) atoms. The lowest BCUT2D eigenvalue weighted by molar-refractivity contribution is -0.116. The Balaban J connectivity index is 1.81. The fraction of sp³-hybridized carbons (Fsp3) is 0.0455. The van der Waals surface area contributed by atoms with Gasteiger partial charge in [0.15, 0.2) is 0 Å². The number of nitrogens with zero attached hydrogens (tertiary/aromatic N) is 2. The van der Waals surface area contributed by atoms with E-state index in [2.05, 4.69) is 10.5 Å². The first-order valence-corrected chi connectivity index (χ1v) is 9.32. The SMILES string of the molecule is O=C(Cc1ccc(Cl)cc1)Nn1nc(-c2ccccc2)c2c(F)ccc(F)c2c1=O. The summed E-state index contributed by atoms with van der Waals surface area (Å²) in [6.07, 6.45) is -0.0599. The minimum Gasteiger partial charge on any atom is -0.273 e. The molecular formula is C22H14ClF2N3O2. The zero-order valence-electron chi connectivity index (χ0n) is 15.4. The monoisotopic (exact) mass is 425 g/mol. The summed E-state index contributed by atoms with van der Waals surface area (Å²) in [6.45, 7) is 0.